The first kappa shape index (κ1) is 22.1. The molecule has 0 aromatic carbocycles. The van der Waals surface area contributed by atoms with Crippen LogP contribution in [0.3, 0.4) is 0 Å². The molecule has 2 aromatic rings. The van der Waals surface area contributed by atoms with Crippen LogP contribution < -0.4 is 10.6 Å². The van der Waals surface area contributed by atoms with Gasteiger partial charge in [0.1, 0.15) is 12.2 Å². The topological polar surface area (TPSA) is 79.6 Å². The van der Waals surface area contributed by atoms with Crippen molar-refractivity contribution in [1.29, 1.82) is 0 Å². The van der Waals surface area contributed by atoms with E-state index in [2.05, 4.69) is 55.0 Å². The summed E-state index contributed by atoms with van der Waals surface area (Å²) >= 11 is 1.79. The van der Waals surface area contributed by atoms with Crippen molar-refractivity contribution >= 4 is 41.3 Å². The molecule has 1 saturated heterocycles. The minimum Gasteiger partial charge on any atom is -0.376 e. The van der Waals surface area contributed by atoms with Crippen molar-refractivity contribution in [3.05, 3.63) is 34.5 Å². The van der Waals surface area contributed by atoms with Gasteiger partial charge in [0.05, 0.1) is 25.3 Å². The molecular formula is C17H28IN7OS. The summed E-state index contributed by atoms with van der Waals surface area (Å²) < 4.78 is 7.46. The third-order valence-electron chi connectivity index (χ3n) is 4.49. The van der Waals surface area contributed by atoms with Crippen LogP contribution in [0.5, 0.6) is 0 Å². The van der Waals surface area contributed by atoms with Gasteiger partial charge in [0.15, 0.2) is 5.96 Å². The number of hydrogen-bond donors (Lipinski definition) is 2. The second-order valence-electron chi connectivity index (χ2n) is 6.31. The number of thiophene rings is 1. The summed E-state index contributed by atoms with van der Waals surface area (Å²) in [6, 6.07) is 4.61. The lowest BCUT2D eigenvalue weighted by Gasteiger charge is -2.37. The molecule has 1 aliphatic heterocycles. The van der Waals surface area contributed by atoms with E-state index in [0.29, 0.717) is 12.6 Å². The Balaban J connectivity index is 0.00000261. The normalized spacial score (nSPS) is 19.4. The van der Waals surface area contributed by atoms with Gasteiger partial charge in [0.2, 0.25) is 0 Å². The van der Waals surface area contributed by atoms with E-state index in [-0.39, 0.29) is 30.1 Å². The SMILES string of the molecule is CN=C(NCc1ncnn1C)NCC(c1cccs1)N1CCOC(C)C1.I. The average molecular weight is 505 g/mol. The molecule has 0 bridgehead atoms. The van der Waals surface area contributed by atoms with Crippen molar-refractivity contribution in [2.75, 3.05) is 33.3 Å². The molecule has 10 heteroatoms. The number of nitrogens with one attached hydrogen (secondary N) is 2. The molecule has 0 spiro atoms. The van der Waals surface area contributed by atoms with Gasteiger partial charge in [-0.1, -0.05) is 6.07 Å². The number of halogens is 1. The van der Waals surface area contributed by atoms with Gasteiger partial charge in [-0.3, -0.25) is 14.6 Å². The Morgan fingerprint density at radius 3 is 2.96 bits per heavy atom. The number of aromatic nitrogens is 3. The van der Waals surface area contributed by atoms with Crippen LogP contribution in [0.2, 0.25) is 0 Å². The molecule has 1 fully saturated rings. The van der Waals surface area contributed by atoms with Crippen molar-refractivity contribution in [3.63, 3.8) is 0 Å². The fourth-order valence-electron chi connectivity index (χ4n) is 3.08. The fraction of sp³-hybridized carbons (Fsp3) is 0.588. The van der Waals surface area contributed by atoms with E-state index in [1.165, 1.54) is 4.88 Å². The molecule has 1 aliphatic rings. The van der Waals surface area contributed by atoms with Crippen LogP contribution in [-0.2, 0) is 18.3 Å². The highest BCUT2D eigenvalue weighted by molar-refractivity contribution is 14.0. The number of ether oxygens (including phenoxy) is 1. The largest absolute Gasteiger partial charge is 0.376 e. The number of nitrogens with zero attached hydrogens (tertiary/aromatic N) is 5. The second kappa shape index (κ2) is 10.9. The van der Waals surface area contributed by atoms with Gasteiger partial charge < -0.3 is 15.4 Å². The number of hydrogen-bond acceptors (Lipinski definition) is 6. The molecule has 2 atom stereocenters. The van der Waals surface area contributed by atoms with E-state index < -0.39 is 0 Å². The highest BCUT2D eigenvalue weighted by Crippen LogP contribution is 2.26. The Labute approximate surface area is 181 Å². The Morgan fingerprint density at radius 1 is 1.48 bits per heavy atom. The summed E-state index contributed by atoms with van der Waals surface area (Å²) in [6.07, 6.45) is 1.82. The molecule has 150 valence electrons. The molecule has 27 heavy (non-hydrogen) atoms. The summed E-state index contributed by atoms with van der Waals surface area (Å²) in [5.41, 5.74) is 0. The van der Waals surface area contributed by atoms with Gasteiger partial charge in [0, 0.05) is 38.6 Å². The highest BCUT2D eigenvalue weighted by atomic mass is 127. The average Bonchev–Trinajstić information content (AvgIpc) is 3.30. The van der Waals surface area contributed by atoms with Crippen LogP contribution in [0.25, 0.3) is 0 Å². The maximum absolute atomic E-state index is 5.70. The Kier molecular flexibility index (Phi) is 8.93. The number of aliphatic imine (C=N–C) groups is 1. The van der Waals surface area contributed by atoms with E-state index in [4.69, 9.17) is 4.74 Å². The first-order valence-electron chi connectivity index (χ1n) is 8.84. The molecule has 2 aromatic heterocycles. The van der Waals surface area contributed by atoms with Crippen LogP contribution in [-0.4, -0.2) is 65.0 Å². The smallest absolute Gasteiger partial charge is 0.191 e. The molecule has 8 nitrogen and oxygen atoms in total. The fourth-order valence-corrected chi connectivity index (χ4v) is 3.94. The zero-order valence-corrected chi connectivity index (χ0v) is 19.1. The molecule has 2 unspecified atom stereocenters. The van der Waals surface area contributed by atoms with E-state index >= 15 is 0 Å². The van der Waals surface area contributed by atoms with E-state index in [1.807, 2.05) is 7.05 Å². The number of morpholine rings is 1. The van der Waals surface area contributed by atoms with E-state index in [9.17, 15) is 0 Å². The van der Waals surface area contributed by atoms with Gasteiger partial charge in [-0.25, -0.2) is 4.98 Å². The summed E-state index contributed by atoms with van der Waals surface area (Å²) in [4.78, 5) is 12.4. The zero-order valence-electron chi connectivity index (χ0n) is 16.0. The van der Waals surface area contributed by atoms with Gasteiger partial charge in [-0.05, 0) is 18.4 Å². The van der Waals surface area contributed by atoms with E-state index in [1.54, 1.807) is 29.4 Å². The van der Waals surface area contributed by atoms with Crippen molar-refractivity contribution in [2.45, 2.75) is 25.6 Å². The van der Waals surface area contributed by atoms with Crippen LogP contribution in [0.1, 0.15) is 23.7 Å². The predicted molar refractivity (Wildman–Crippen MR) is 119 cm³/mol. The number of guanidine groups is 1. The molecule has 0 aliphatic carbocycles. The van der Waals surface area contributed by atoms with Crippen molar-refractivity contribution < 1.29 is 4.74 Å². The number of rotatable bonds is 6. The summed E-state index contributed by atoms with van der Waals surface area (Å²) in [5.74, 6) is 1.63. The summed E-state index contributed by atoms with van der Waals surface area (Å²) in [7, 11) is 3.66. The number of aryl methyl sites for hydroxylation is 1. The van der Waals surface area contributed by atoms with Crippen molar-refractivity contribution in [3.8, 4) is 0 Å². The Bertz CT molecular complexity index is 706. The first-order valence-corrected chi connectivity index (χ1v) is 9.71. The van der Waals surface area contributed by atoms with Crippen LogP contribution in [0.15, 0.2) is 28.8 Å². The lowest BCUT2D eigenvalue weighted by molar-refractivity contribution is -0.0334. The van der Waals surface area contributed by atoms with Crippen LogP contribution in [0.4, 0.5) is 0 Å². The molecule has 3 heterocycles. The maximum atomic E-state index is 5.70. The van der Waals surface area contributed by atoms with E-state index in [0.717, 1.165) is 38.0 Å². The predicted octanol–water partition coefficient (Wildman–Crippen LogP) is 1.62. The summed E-state index contributed by atoms with van der Waals surface area (Å²) in [6.45, 7) is 6.16. The molecule has 2 N–H and O–H groups in total. The third-order valence-corrected chi connectivity index (χ3v) is 5.46. The van der Waals surface area contributed by atoms with Crippen molar-refractivity contribution in [1.82, 2.24) is 30.3 Å². The van der Waals surface area contributed by atoms with Gasteiger partial charge in [-0.2, -0.15) is 5.10 Å². The molecule has 0 saturated carbocycles. The summed E-state index contributed by atoms with van der Waals surface area (Å²) in [5, 5.41) is 13.0. The molecular weight excluding hydrogens is 477 g/mol. The highest BCUT2D eigenvalue weighted by Gasteiger charge is 2.26. The van der Waals surface area contributed by atoms with Gasteiger partial charge >= 0.3 is 0 Å². The monoisotopic (exact) mass is 505 g/mol. The van der Waals surface area contributed by atoms with Gasteiger partial charge in [0.25, 0.3) is 0 Å². The molecule has 0 amide bonds. The molecule has 0 radical (unpaired) electrons. The zero-order chi connectivity index (χ0) is 18.4. The lowest BCUT2D eigenvalue weighted by atomic mass is 10.1. The maximum Gasteiger partial charge on any atom is 0.191 e. The Morgan fingerprint density at radius 2 is 2.33 bits per heavy atom. The van der Waals surface area contributed by atoms with Gasteiger partial charge in [-0.15, -0.1) is 35.3 Å². The first-order chi connectivity index (χ1) is 12.7. The minimum atomic E-state index is 0. The minimum absolute atomic E-state index is 0. The van der Waals surface area contributed by atoms with Crippen molar-refractivity contribution in [2.24, 2.45) is 12.0 Å². The standard InChI is InChI=1S/C17H27N7OS.HI/c1-13-11-24(6-7-25-13)14(15-5-4-8-26-15)9-19-17(18-2)20-10-16-21-12-22-23(16)3;/h4-5,8,12-14H,6-7,9-11H2,1-3H3,(H2,18,19,20);1H. The third kappa shape index (κ3) is 6.13. The molecule has 3 rings (SSSR count). The van der Waals surface area contributed by atoms with Crippen LogP contribution >= 0.6 is 35.3 Å². The second-order valence-corrected chi connectivity index (χ2v) is 7.29. The van der Waals surface area contributed by atoms with Crippen LogP contribution in [0, 0.1) is 0 Å². The quantitative estimate of drug-likeness (QED) is 0.353. The lowest BCUT2D eigenvalue weighted by Crippen LogP contribution is -2.48. The Hall–Kier alpha value is -1.24.